The summed E-state index contributed by atoms with van der Waals surface area (Å²) in [6, 6.07) is 0.799. The molecule has 1 saturated heterocycles. The van der Waals surface area contributed by atoms with Crippen molar-refractivity contribution in [3.05, 3.63) is 22.7 Å². The zero-order valence-corrected chi connectivity index (χ0v) is 14.0. The van der Waals surface area contributed by atoms with E-state index in [9.17, 15) is 9.59 Å². The summed E-state index contributed by atoms with van der Waals surface area (Å²) in [6.07, 6.45) is 4.09. The standard InChI is InChI=1S/C15H25N5O5/c16-7-2-1-3-11(17)14(21)24-9-10-4-5-13(25-10)20-8-6-12(19-23)18-15(20)22/h6,8,10-11,13,23H,1-5,7,9,16-17H2,(H,18,19,22). The molecule has 0 spiro atoms. The van der Waals surface area contributed by atoms with Crippen LogP contribution in [-0.4, -0.2) is 46.0 Å². The van der Waals surface area contributed by atoms with E-state index in [2.05, 4.69) is 4.98 Å². The molecule has 1 aliphatic rings. The van der Waals surface area contributed by atoms with Crippen molar-refractivity contribution in [1.29, 1.82) is 0 Å². The van der Waals surface area contributed by atoms with Crippen molar-refractivity contribution >= 4 is 11.8 Å². The number of carbonyl (C=O) groups is 1. The van der Waals surface area contributed by atoms with Crippen molar-refractivity contribution in [1.82, 2.24) is 9.55 Å². The Morgan fingerprint density at radius 1 is 1.52 bits per heavy atom. The molecule has 3 atom stereocenters. The predicted octanol–water partition coefficient (Wildman–Crippen LogP) is -0.278. The third kappa shape index (κ3) is 5.49. The fourth-order valence-corrected chi connectivity index (χ4v) is 2.62. The van der Waals surface area contributed by atoms with Crippen molar-refractivity contribution in [2.24, 2.45) is 11.5 Å². The van der Waals surface area contributed by atoms with Gasteiger partial charge in [0, 0.05) is 6.20 Å². The number of esters is 1. The highest BCUT2D eigenvalue weighted by Gasteiger charge is 2.29. The second-order valence-corrected chi connectivity index (χ2v) is 5.93. The van der Waals surface area contributed by atoms with Crippen LogP contribution in [0.2, 0.25) is 0 Å². The quantitative estimate of drug-likeness (QED) is 0.266. The van der Waals surface area contributed by atoms with Crippen molar-refractivity contribution < 1.29 is 19.5 Å². The Hall–Kier alpha value is -2.01. The first-order valence-corrected chi connectivity index (χ1v) is 8.32. The molecule has 0 aromatic carbocycles. The lowest BCUT2D eigenvalue weighted by atomic mass is 10.1. The van der Waals surface area contributed by atoms with E-state index in [-0.39, 0.29) is 18.5 Å². The maximum atomic E-state index is 11.9. The molecule has 0 radical (unpaired) electrons. The van der Waals surface area contributed by atoms with E-state index in [1.54, 1.807) is 0 Å². The van der Waals surface area contributed by atoms with Crippen LogP contribution in [-0.2, 0) is 14.3 Å². The summed E-state index contributed by atoms with van der Waals surface area (Å²) in [7, 11) is 0. The van der Waals surface area contributed by atoms with Gasteiger partial charge in [0.15, 0.2) is 5.82 Å². The van der Waals surface area contributed by atoms with Crippen molar-refractivity contribution in [3.8, 4) is 0 Å². The summed E-state index contributed by atoms with van der Waals surface area (Å²) in [5.74, 6) is -0.394. The van der Waals surface area contributed by atoms with Crippen molar-refractivity contribution in [2.45, 2.75) is 50.5 Å². The second-order valence-electron chi connectivity index (χ2n) is 5.93. The molecule has 10 heteroatoms. The minimum Gasteiger partial charge on any atom is -0.462 e. The molecule has 1 aromatic rings. The molecule has 0 aliphatic carbocycles. The highest BCUT2D eigenvalue weighted by atomic mass is 16.6. The molecule has 3 unspecified atom stereocenters. The maximum Gasteiger partial charge on any atom is 0.351 e. The third-order valence-corrected chi connectivity index (χ3v) is 4.02. The number of carbonyl (C=O) groups excluding carboxylic acids is 1. The number of nitrogens with zero attached hydrogens (tertiary/aromatic N) is 2. The molecule has 0 bridgehead atoms. The number of hydrogen-bond acceptors (Lipinski definition) is 9. The van der Waals surface area contributed by atoms with Gasteiger partial charge in [0.25, 0.3) is 0 Å². The maximum absolute atomic E-state index is 11.9. The normalized spacial score (nSPS) is 21.1. The SMILES string of the molecule is NCCCCC(N)C(=O)OCC1CCC(n2ccc(NO)nc2=O)O1. The fourth-order valence-electron chi connectivity index (χ4n) is 2.62. The average Bonchev–Trinajstić information content (AvgIpc) is 3.08. The molecule has 1 aromatic heterocycles. The lowest BCUT2D eigenvalue weighted by Crippen LogP contribution is -2.34. The third-order valence-electron chi connectivity index (χ3n) is 4.02. The number of nitrogens with two attached hydrogens (primary N) is 2. The Morgan fingerprint density at radius 3 is 3.00 bits per heavy atom. The van der Waals surface area contributed by atoms with Gasteiger partial charge in [-0.2, -0.15) is 4.98 Å². The van der Waals surface area contributed by atoms with E-state index in [1.165, 1.54) is 16.8 Å². The summed E-state index contributed by atoms with van der Waals surface area (Å²) >= 11 is 0. The second kappa shape index (κ2) is 9.47. The number of hydrogen-bond donors (Lipinski definition) is 4. The van der Waals surface area contributed by atoms with E-state index in [1.807, 2.05) is 5.48 Å². The number of aromatic nitrogens is 2. The van der Waals surface area contributed by atoms with Gasteiger partial charge >= 0.3 is 11.7 Å². The van der Waals surface area contributed by atoms with Crippen molar-refractivity contribution in [3.63, 3.8) is 0 Å². The number of anilines is 1. The first kappa shape index (κ1) is 19.3. The first-order chi connectivity index (χ1) is 12.0. The first-order valence-electron chi connectivity index (χ1n) is 8.32. The summed E-state index contributed by atoms with van der Waals surface area (Å²) in [5, 5.41) is 8.74. The number of ether oxygens (including phenoxy) is 2. The molecule has 6 N–H and O–H groups in total. The van der Waals surface area contributed by atoms with Gasteiger partial charge in [-0.1, -0.05) is 6.42 Å². The number of nitrogens with one attached hydrogen (secondary N) is 1. The molecule has 0 amide bonds. The Balaban J connectivity index is 1.79. The topological polar surface area (TPSA) is 155 Å². The van der Waals surface area contributed by atoms with Crippen LogP contribution in [0.25, 0.3) is 0 Å². The fraction of sp³-hybridized carbons (Fsp3) is 0.667. The molecule has 2 rings (SSSR count). The van der Waals surface area contributed by atoms with E-state index in [4.69, 9.17) is 26.1 Å². The monoisotopic (exact) mass is 355 g/mol. The van der Waals surface area contributed by atoms with Gasteiger partial charge < -0.3 is 20.9 Å². The highest BCUT2D eigenvalue weighted by molar-refractivity contribution is 5.75. The van der Waals surface area contributed by atoms with E-state index < -0.39 is 23.9 Å². The summed E-state index contributed by atoms with van der Waals surface area (Å²) < 4.78 is 12.3. The Labute approximate surface area is 145 Å². The molecule has 140 valence electrons. The van der Waals surface area contributed by atoms with Crippen LogP contribution >= 0.6 is 0 Å². The zero-order valence-electron chi connectivity index (χ0n) is 14.0. The largest absolute Gasteiger partial charge is 0.462 e. The Kier molecular flexibility index (Phi) is 7.31. The summed E-state index contributed by atoms with van der Waals surface area (Å²) in [4.78, 5) is 27.4. The van der Waals surface area contributed by atoms with E-state index >= 15 is 0 Å². The van der Waals surface area contributed by atoms with Crippen LogP contribution in [0.4, 0.5) is 5.82 Å². The van der Waals surface area contributed by atoms with Gasteiger partial charge in [-0.3, -0.25) is 20.0 Å². The van der Waals surface area contributed by atoms with Gasteiger partial charge in [-0.15, -0.1) is 0 Å². The van der Waals surface area contributed by atoms with Crippen LogP contribution in [0.5, 0.6) is 0 Å². The molecule has 1 aliphatic heterocycles. The lowest BCUT2D eigenvalue weighted by molar-refractivity contribution is -0.150. The van der Waals surface area contributed by atoms with Crippen LogP contribution in [0.15, 0.2) is 17.1 Å². The molecule has 1 fully saturated rings. The number of rotatable bonds is 9. The average molecular weight is 355 g/mol. The molecule has 0 saturated carbocycles. The van der Waals surface area contributed by atoms with Gasteiger partial charge in [0.05, 0.1) is 6.10 Å². The zero-order chi connectivity index (χ0) is 18.2. The van der Waals surface area contributed by atoms with Gasteiger partial charge in [0.1, 0.15) is 18.9 Å². The molecule has 2 heterocycles. The lowest BCUT2D eigenvalue weighted by Gasteiger charge is -2.17. The smallest absolute Gasteiger partial charge is 0.351 e. The van der Waals surface area contributed by atoms with Gasteiger partial charge in [0.2, 0.25) is 0 Å². The molecular weight excluding hydrogens is 330 g/mol. The minimum atomic E-state index is -0.658. The van der Waals surface area contributed by atoms with Gasteiger partial charge in [-0.25, -0.2) is 4.79 Å². The van der Waals surface area contributed by atoms with Crippen LogP contribution in [0.1, 0.15) is 38.3 Å². The Morgan fingerprint density at radius 2 is 2.32 bits per heavy atom. The van der Waals surface area contributed by atoms with E-state index in [0.717, 1.165) is 12.8 Å². The number of unbranched alkanes of at least 4 members (excludes halogenated alkanes) is 1. The van der Waals surface area contributed by atoms with Crippen LogP contribution < -0.4 is 22.6 Å². The molecule has 25 heavy (non-hydrogen) atoms. The highest BCUT2D eigenvalue weighted by Crippen LogP contribution is 2.27. The minimum absolute atomic E-state index is 0.0633. The van der Waals surface area contributed by atoms with Crippen LogP contribution in [0, 0.1) is 0 Å². The molecule has 10 nitrogen and oxygen atoms in total. The van der Waals surface area contributed by atoms with E-state index in [0.29, 0.717) is 25.8 Å². The Bertz CT molecular complexity index is 623. The summed E-state index contributed by atoms with van der Waals surface area (Å²) in [6.45, 7) is 0.668. The van der Waals surface area contributed by atoms with Crippen LogP contribution in [0.3, 0.4) is 0 Å². The summed E-state index contributed by atoms with van der Waals surface area (Å²) in [5.41, 5.74) is 12.5. The van der Waals surface area contributed by atoms with Gasteiger partial charge in [-0.05, 0) is 38.3 Å². The molecular formula is C15H25N5O5. The predicted molar refractivity (Wildman–Crippen MR) is 88.9 cm³/mol. The van der Waals surface area contributed by atoms with Crippen molar-refractivity contribution in [2.75, 3.05) is 18.6 Å².